The molecule has 1 aromatic heterocycles. The lowest BCUT2D eigenvalue weighted by molar-refractivity contribution is 0.214. The lowest BCUT2D eigenvalue weighted by Crippen LogP contribution is -2.36. The normalized spacial score (nSPS) is 17.4. The second-order valence-corrected chi connectivity index (χ2v) is 6.32. The standard InChI is InChI=1S/C13H20BrNS/c14-8-10-15(12-4-1-2-5-12)9-7-13-6-3-11-16-13/h3,6,11-12H,1-2,4-5,7-10H2. The fraction of sp³-hybridized carbons (Fsp3) is 0.692. The molecule has 0 N–H and O–H groups in total. The number of thiophene rings is 1. The first-order chi connectivity index (χ1) is 7.90. The van der Waals surface area contributed by atoms with Crippen LogP contribution in [0, 0.1) is 0 Å². The maximum absolute atomic E-state index is 3.58. The van der Waals surface area contributed by atoms with Crippen molar-refractivity contribution in [3.63, 3.8) is 0 Å². The van der Waals surface area contributed by atoms with E-state index in [0.717, 1.165) is 11.4 Å². The van der Waals surface area contributed by atoms with Crippen LogP contribution >= 0.6 is 27.3 Å². The molecule has 2 rings (SSSR count). The number of hydrogen-bond donors (Lipinski definition) is 0. The molecule has 1 heterocycles. The van der Waals surface area contributed by atoms with Gasteiger partial charge in [-0.25, -0.2) is 0 Å². The molecule has 1 saturated carbocycles. The van der Waals surface area contributed by atoms with E-state index in [4.69, 9.17) is 0 Å². The Morgan fingerprint density at radius 2 is 2.12 bits per heavy atom. The van der Waals surface area contributed by atoms with Crippen LogP contribution in [-0.4, -0.2) is 29.4 Å². The molecule has 1 nitrogen and oxygen atoms in total. The second kappa shape index (κ2) is 6.77. The van der Waals surface area contributed by atoms with Gasteiger partial charge in [-0.1, -0.05) is 34.8 Å². The van der Waals surface area contributed by atoms with Crippen LogP contribution < -0.4 is 0 Å². The van der Waals surface area contributed by atoms with E-state index in [9.17, 15) is 0 Å². The number of rotatable bonds is 6. The first-order valence-electron chi connectivity index (χ1n) is 6.22. The predicted octanol–water partition coefficient (Wildman–Crippen LogP) is 3.93. The Morgan fingerprint density at radius 3 is 2.75 bits per heavy atom. The van der Waals surface area contributed by atoms with Gasteiger partial charge in [-0.15, -0.1) is 11.3 Å². The first kappa shape index (κ1) is 12.6. The van der Waals surface area contributed by atoms with Crippen LogP contribution in [0.2, 0.25) is 0 Å². The van der Waals surface area contributed by atoms with Gasteiger partial charge in [0.1, 0.15) is 0 Å². The van der Waals surface area contributed by atoms with Crippen molar-refractivity contribution in [2.75, 3.05) is 18.4 Å². The molecule has 0 spiro atoms. The minimum Gasteiger partial charge on any atom is -0.299 e. The van der Waals surface area contributed by atoms with E-state index in [1.807, 2.05) is 11.3 Å². The molecule has 0 amide bonds. The van der Waals surface area contributed by atoms with E-state index in [-0.39, 0.29) is 0 Å². The molecule has 3 heteroatoms. The van der Waals surface area contributed by atoms with Crippen LogP contribution in [0.5, 0.6) is 0 Å². The maximum Gasteiger partial charge on any atom is 0.0159 e. The van der Waals surface area contributed by atoms with Crippen LogP contribution in [0.25, 0.3) is 0 Å². The van der Waals surface area contributed by atoms with Crippen LogP contribution in [0.3, 0.4) is 0 Å². The minimum absolute atomic E-state index is 0.859. The van der Waals surface area contributed by atoms with Gasteiger partial charge in [0.15, 0.2) is 0 Å². The highest BCUT2D eigenvalue weighted by Crippen LogP contribution is 2.24. The van der Waals surface area contributed by atoms with Crippen LogP contribution in [0.4, 0.5) is 0 Å². The van der Waals surface area contributed by atoms with E-state index >= 15 is 0 Å². The molecule has 0 atom stereocenters. The van der Waals surface area contributed by atoms with Crippen LogP contribution in [-0.2, 0) is 6.42 Å². The van der Waals surface area contributed by atoms with Crippen LogP contribution in [0.1, 0.15) is 30.6 Å². The Labute approximate surface area is 111 Å². The van der Waals surface area contributed by atoms with Crippen molar-refractivity contribution >= 4 is 27.3 Å². The lowest BCUT2D eigenvalue weighted by atomic mass is 10.2. The number of alkyl halides is 1. The summed E-state index contributed by atoms with van der Waals surface area (Å²) < 4.78 is 0. The molecule has 0 aromatic carbocycles. The SMILES string of the molecule is BrCCN(CCc1cccs1)C1CCCC1. The average Bonchev–Trinajstić information content (AvgIpc) is 2.96. The molecule has 0 radical (unpaired) electrons. The van der Waals surface area contributed by atoms with Crippen LogP contribution in [0.15, 0.2) is 17.5 Å². The van der Waals surface area contributed by atoms with Gasteiger partial charge in [-0.05, 0) is 30.7 Å². The molecule has 0 unspecified atom stereocenters. The lowest BCUT2D eigenvalue weighted by Gasteiger charge is -2.27. The molecule has 1 aromatic rings. The van der Waals surface area contributed by atoms with Crippen molar-refractivity contribution in [3.8, 4) is 0 Å². The molecule has 1 fully saturated rings. The molecular formula is C13H20BrNS. The minimum atomic E-state index is 0.859. The zero-order valence-electron chi connectivity index (χ0n) is 9.70. The summed E-state index contributed by atoms with van der Waals surface area (Å²) in [7, 11) is 0. The number of nitrogens with zero attached hydrogens (tertiary/aromatic N) is 1. The third-order valence-electron chi connectivity index (χ3n) is 3.44. The van der Waals surface area contributed by atoms with Gasteiger partial charge in [0.05, 0.1) is 0 Å². The Morgan fingerprint density at radius 1 is 1.31 bits per heavy atom. The van der Waals surface area contributed by atoms with E-state index in [0.29, 0.717) is 0 Å². The van der Waals surface area contributed by atoms with Gasteiger partial charge >= 0.3 is 0 Å². The van der Waals surface area contributed by atoms with E-state index in [1.54, 1.807) is 0 Å². The quantitative estimate of drug-likeness (QED) is 0.720. The summed E-state index contributed by atoms with van der Waals surface area (Å²) in [4.78, 5) is 4.21. The zero-order valence-corrected chi connectivity index (χ0v) is 12.1. The summed E-state index contributed by atoms with van der Waals surface area (Å²) in [6.07, 6.45) is 6.92. The molecule has 0 bridgehead atoms. The van der Waals surface area contributed by atoms with Gasteiger partial charge in [0, 0.05) is 29.3 Å². The molecule has 0 aliphatic heterocycles. The molecule has 1 aliphatic carbocycles. The van der Waals surface area contributed by atoms with E-state index in [1.165, 1.54) is 50.1 Å². The van der Waals surface area contributed by atoms with Gasteiger partial charge in [0.25, 0.3) is 0 Å². The van der Waals surface area contributed by atoms with Gasteiger partial charge in [-0.3, -0.25) is 4.90 Å². The third kappa shape index (κ3) is 3.57. The highest BCUT2D eigenvalue weighted by molar-refractivity contribution is 9.09. The van der Waals surface area contributed by atoms with E-state index < -0.39 is 0 Å². The van der Waals surface area contributed by atoms with Crippen molar-refractivity contribution < 1.29 is 0 Å². The van der Waals surface area contributed by atoms with E-state index in [2.05, 4.69) is 38.3 Å². The summed E-state index contributed by atoms with van der Waals surface area (Å²) in [5.41, 5.74) is 0. The topological polar surface area (TPSA) is 3.24 Å². The van der Waals surface area contributed by atoms with Crippen molar-refractivity contribution in [1.29, 1.82) is 0 Å². The highest BCUT2D eigenvalue weighted by atomic mass is 79.9. The summed E-state index contributed by atoms with van der Waals surface area (Å²) in [5, 5.41) is 3.29. The average molecular weight is 302 g/mol. The Hall–Kier alpha value is 0.140. The summed E-state index contributed by atoms with van der Waals surface area (Å²) >= 11 is 5.46. The first-order valence-corrected chi connectivity index (χ1v) is 8.22. The monoisotopic (exact) mass is 301 g/mol. The predicted molar refractivity (Wildman–Crippen MR) is 75.6 cm³/mol. The van der Waals surface area contributed by atoms with Gasteiger partial charge in [-0.2, -0.15) is 0 Å². The Balaban J connectivity index is 1.82. The van der Waals surface area contributed by atoms with Gasteiger partial charge < -0.3 is 0 Å². The molecular weight excluding hydrogens is 282 g/mol. The van der Waals surface area contributed by atoms with Crippen molar-refractivity contribution in [1.82, 2.24) is 4.90 Å². The van der Waals surface area contributed by atoms with Crippen molar-refractivity contribution in [2.24, 2.45) is 0 Å². The van der Waals surface area contributed by atoms with Crippen molar-refractivity contribution in [2.45, 2.75) is 38.1 Å². The third-order valence-corrected chi connectivity index (χ3v) is 4.73. The Kier molecular flexibility index (Phi) is 5.33. The molecule has 16 heavy (non-hydrogen) atoms. The fourth-order valence-electron chi connectivity index (χ4n) is 2.56. The summed E-state index contributed by atoms with van der Waals surface area (Å²) in [5.74, 6) is 0. The highest BCUT2D eigenvalue weighted by Gasteiger charge is 2.21. The Bertz CT molecular complexity index is 280. The van der Waals surface area contributed by atoms with Gasteiger partial charge in [0.2, 0.25) is 0 Å². The summed E-state index contributed by atoms with van der Waals surface area (Å²) in [6, 6.07) is 5.27. The number of halogens is 1. The largest absolute Gasteiger partial charge is 0.299 e. The zero-order chi connectivity index (χ0) is 11.2. The van der Waals surface area contributed by atoms with Crippen molar-refractivity contribution in [3.05, 3.63) is 22.4 Å². The fourth-order valence-corrected chi connectivity index (χ4v) is 3.72. The second-order valence-electron chi connectivity index (χ2n) is 4.49. The molecule has 0 saturated heterocycles. The number of hydrogen-bond acceptors (Lipinski definition) is 2. The summed E-state index contributed by atoms with van der Waals surface area (Å²) in [6.45, 7) is 2.44. The molecule has 1 aliphatic rings. The maximum atomic E-state index is 3.58. The smallest absolute Gasteiger partial charge is 0.0159 e. The molecule has 90 valence electrons.